The van der Waals surface area contributed by atoms with Crippen molar-refractivity contribution in [2.75, 3.05) is 31.5 Å². The van der Waals surface area contributed by atoms with Gasteiger partial charge in [0.15, 0.2) is 11.5 Å². The number of anilines is 1. The maximum absolute atomic E-state index is 14.3. The molecule has 2 aliphatic heterocycles. The molecule has 2 aliphatic rings. The lowest BCUT2D eigenvalue weighted by molar-refractivity contribution is -0.121. The highest BCUT2D eigenvalue weighted by Gasteiger charge is 2.43. The van der Waals surface area contributed by atoms with Crippen LogP contribution in [-0.2, 0) is 21.5 Å². The van der Waals surface area contributed by atoms with Crippen molar-refractivity contribution in [1.82, 2.24) is 5.32 Å². The monoisotopic (exact) mass is 520 g/mol. The third-order valence-corrected chi connectivity index (χ3v) is 7.53. The van der Waals surface area contributed by atoms with Gasteiger partial charge in [0.1, 0.15) is 0 Å². The number of amides is 1. The number of benzene rings is 4. The molecule has 0 fully saturated rings. The summed E-state index contributed by atoms with van der Waals surface area (Å²) in [6.45, 7) is 3.64. The fourth-order valence-electron chi connectivity index (χ4n) is 5.72. The summed E-state index contributed by atoms with van der Waals surface area (Å²) < 4.78 is 17.0. The molecule has 0 unspecified atom stereocenters. The van der Waals surface area contributed by atoms with Crippen LogP contribution in [0.1, 0.15) is 29.2 Å². The largest absolute Gasteiger partial charge is 0.454 e. The van der Waals surface area contributed by atoms with Crippen LogP contribution in [0.2, 0.25) is 0 Å². The number of carbonyl (C=O) groups is 1. The van der Waals surface area contributed by atoms with E-state index >= 15 is 0 Å². The van der Waals surface area contributed by atoms with Crippen molar-refractivity contribution in [1.29, 1.82) is 0 Å². The van der Waals surface area contributed by atoms with Crippen molar-refractivity contribution in [3.63, 3.8) is 0 Å². The summed E-state index contributed by atoms with van der Waals surface area (Å²) in [6, 6.07) is 34.5. The molecule has 6 heteroatoms. The maximum atomic E-state index is 14.3. The van der Waals surface area contributed by atoms with E-state index < -0.39 is 11.6 Å². The third kappa shape index (κ3) is 4.67. The van der Waals surface area contributed by atoms with Crippen LogP contribution < -0.4 is 19.7 Å². The number of carbonyl (C=O) groups excluding carboxylic acids is 1. The maximum Gasteiger partial charge on any atom is 0.244 e. The SMILES string of the molecule is CCOCCN1C(=O)[C@@H](NC(c2ccccc2)(c2ccccc2)c2ccccc2)Cc2cc3c(cc21)OCO3. The molecule has 0 saturated heterocycles. The molecule has 1 N–H and O–H groups in total. The Morgan fingerprint density at radius 1 is 0.846 bits per heavy atom. The molecular weight excluding hydrogens is 488 g/mol. The summed E-state index contributed by atoms with van der Waals surface area (Å²) in [7, 11) is 0. The van der Waals surface area contributed by atoms with Crippen molar-refractivity contribution in [3.8, 4) is 11.5 Å². The molecule has 2 heterocycles. The minimum atomic E-state index is -0.760. The summed E-state index contributed by atoms with van der Waals surface area (Å²) in [4.78, 5) is 16.1. The zero-order chi connectivity index (χ0) is 26.7. The zero-order valence-electron chi connectivity index (χ0n) is 22.0. The van der Waals surface area contributed by atoms with Crippen LogP contribution >= 0.6 is 0 Å². The van der Waals surface area contributed by atoms with Crippen LogP contribution in [0.15, 0.2) is 103 Å². The van der Waals surface area contributed by atoms with Gasteiger partial charge in [0.05, 0.1) is 23.9 Å². The minimum Gasteiger partial charge on any atom is -0.454 e. The molecule has 6 rings (SSSR count). The first-order valence-corrected chi connectivity index (χ1v) is 13.5. The molecule has 6 nitrogen and oxygen atoms in total. The Morgan fingerprint density at radius 3 is 1.92 bits per heavy atom. The van der Waals surface area contributed by atoms with E-state index in [1.54, 1.807) is 0 Å². The van der Waals surface area contributed by atoms with E-state index in [-0.39, 0.29) is 12.7 Å². The van der Waals surface area contributed by atoms with Gasteiger partial charge in [-0.25, -0.2) is 0 Å². The van der Waals surface area contributed by atoms with Crippen LogP contribution in [-0.4, -0.2) is 38.5 Å². The number of hydrogen-bond donors (Lipinski definition) is 1. The second-order valence-electron chi connectivity index (χ2n) is 9.77. The second kappa shape index (κ2) is 10.9. The van der Waals surface area contributed by atoms with E-state index in [1.807, 2.05) is 78.6 Å². The quantitative estimate of drug-likeness (QED) is 0.240. The fourth-order valence-corrected chi connectivity index (χ4v) is 5.72. The van der Waals surface area contributed by atoms with E-state index in [2.05, 4.69) is 41.7 Å². The molecule has 0 spiro atoms. The van der Waals surface area contributed by atoms with Crippen LogP contribution in [0.25, 0.3) is 0 Å². The van der Waals surface area contributed by atoms with Gasteiger partial charge >= 0.3 is 0 Å². The zero-order valence-corrected chi connectivity index (χ0v) is 22.0. The average molecular weight is 521 g/mol. The summed E-state index contributed by atoms with van der Waals surface area (Å²) in [5, 5.41) is 3.89. The number of nitrogens with zero attached hydrogens (tertiary/aromatic N) is 1. The Hall–Kier alpha value is -4.13. The van der Waals surface area contributed by atoms with Crippen molar-refractivity contribution < 1.29 is 19.0 Å². The van der Waals surface area contributed by atoms with Crippen LogP contribution in [0.5, 0.6) is 11.5 Å². The van der Waals surface area contributed by atoms with Crippen molar-refractivity contribution in [3.05, 3.63) is 125 Å². The number of rotatable bonds is 9. The van der Waals surface area contributed by atoms with Gasteiger partial charge in [-0.3, -0.25) is 10.1 Å². The van der Waals surface area contributed by atoms with Gasteiger partial charge in [0.2, 0.25) is 12.7 Å². The predicted molar refractivity (Wildman–Crippen MR) is 151 cm³/mol. The first-order chi connectivity index (χ1) is 19.2. The Kier molecular flexibility index (Phi) is 7.05. The second-order valence-corrected chi connectivity index (χ2v) is 9.77. The standard InChI is InChI=1S/C33H32N2O4/c1-2-37-19-18-35-29-22-31-30(38-23-39-31)21-24(29)20-28(32(35)36)34-33(25-12-6-3-7-13-25,26-14-8-4-9-15-26)27-16-10-5-11-17-27/h3-17,21-22,28,34H,2,18-20,23H2,1H3/t28-/m0/s1. The average Bonchev–Trinajstić information content (AvgIpc) is 3.45. The van der Waals surface area contributed by atoms with Gasteiger partial charge in [0, 0.05) is 19.2 Å². The molecule has 0 aliphatic carbocycles. The van der Waals surface area contributed by atoms with Crippen LogP contribution in [0.3, 0.4) is 0 Å². The van der Waals surface area contributed by atoms with Gasteiger partial charge in [-0.2, -0.15) is 0 Å². The summed E-state index contributed by atoms with van der Waals surface area (Å²) >= 11 is 0. The number of ether oxygens (including phenoxy) is 3. The molecule has 4 aromatic carbocycles. The normalized spacial score (nSPS) is 16.3. The first-order valence-electron chi connectivity index (χ1n) is 13.5. The van der Waals surface area contributed by atoms with E-state index in [9.17, 15) is 4.79 Å². The molecule has 1 amide bonds. The fraction of sp³-hybridized carbons (Fsp3) is 0.242. The van der Waals surface area contributed by atoms with Crippen molar-refractivity contribution in [2.24, 2.45) is 0 Å². The minimum absolute atomic E-state index is 0.00763. The molecule has 4 aromatic rings. The Balaban J connectivity index is 1.48. The van der Waals surface area contributed by atoms with Crippen molar-refractivity contribution in [2.45, 2.75) is 24.9 Å². The Bertz CT molecular complexity index is 1330. The highest BCUT2D eigenvalue weighted by atomic mass is 16.7. The molecule has 0 bridgehead atoms. The lowest BCUT2D eigenvalue weighted by Crippen LogP contribution is -2.59. The van der Waals surface area contributed by atoms with Gasteiger partial charge in [0.25, 0.3) is 0 Å². The topological polar surface area (TPSA) is 60.0 Å². The lowest BCUT2D eigenvalue weighted by atomic mass is 9.76. The van der Waals surface area contributed by atoms with E-state index in [0.717, 1.165) is 27.9 Å². The van der Waals surface area contributed by atoms with Gasteiger partial charge in [-0.1, -0.05) is 91.0 Å². The molecule has 0 saturated carbocycles. The smallest absolute Gasteiger partial charge is 0.244 e. The number of hydrogen-bond acceptors (Lipinski definition) is 5. The van der Waals surface area contributed by atoms with E-state index in [0.29, 0.717) is 37.7 Å². The van der Waals surface area contributed by atoms with Gasteiger partial charge < -0.3 is 19.1 Å². The summed E-state index contributed by atoms with van der Waals surface area (Å²) in [5.74, 6) is 1.39. The Labute approximate surface area is 229 Å². The van der Waals surface area contributed by atoms with Crippen LogP contribution in [0, 0.1) is 0 Å². The number of nitrogens with one attached hydrogen (secondary N) is 1. The third-order valence-electron chi connectivity index (χ3n) is 7.53. The molecule has 0 radical (unpaired) electrons. The predicted octanol–water partition coefficient (Wildman–Crippen LogP) is 5.29. The highest BCUT2D eigenvalue weighted by Crippen LogP contribution is 2.43. The molecule has 0 aromatic heterocycles. The molecule has 198 valence electrons. The van der Waals surface area contributed by atoms with Gasteiger partial charge in [-0.05, 0) is 41.7 Å². The molecule has 39 heavy (non-hydrogen) atoms. The Morgan fingerprint density at radius 2 is 1.38 bits per heavy atom. The van der Waals surface area contributed by atoms with E-state index in [1.165, 1.54) is 0 Å². The summed E-state index contributed by atoms with van der Waals surface area (Å²) in [5.41, 5.74) is 4.32. The first kappa shape index (κ1) is 25.2. The van der Waals surface area contributed by atoms with Crippen molar-refractivity contribution >= 4 is 11.6 Å². The summed E-state index contributed by atoms with van der Waals surface area (Å²) in [6.07, 6.45) is 0.518. The van der Waals surface area contributed by atoms with E-state index in [4.69, 9.17) is 14.2 Å². The highest BCUT2D eigenvalue weighted by molar-refractivity contribution is 6.01. The molecule has 1 atom stereocenters. The lowest BCUT2D eigenvalue weighted by Gasteiger charge is -2.43. The molecular formula is C33H32N2O4. The number of fused-ring (bicyclic) bond motifs is 2. The van der Waals surface area contributed by atoms with Gasteiger partial charge in [-0.15, -0.1) is 0 Å². The van der Waals surface area contributed by atoms with Crippen LogP contribution in [0.4, 0.5) is 5.69 Å².